The first-order valence-electron chi connectivity index (χ1n) is 7.76. The maximum absolute atomic E-state index is 11.4. The molecule has 0 atom stereocenters. The second-order valence-electron chi connectivity index (χ2n) is 7.10. The Bertz CT molecular complexity index is 513. The zero-order chi connectivity index (χ0) is 16.8. The monoisotopic (exact) mass is 320 g/mol. The third-order valence-corrected chi connectivity index (χ3v) is 8.81. The topological polar surface area (TPSA) is 46.5 Å². The summed E-state index contributed by atoms with van der Waals surface area (Å²) in [5.41, 5.74) is 1.36. The molecule has 0 unspecified atom stereocenters. The molecule has 0 aromatic heterocycles. The van der Waals surface area contributed by atoms with Gasteiger partial charge in [-0.15, -0.1) is 0 Å². The minimum absolute atomic E-state index is 0.183. The van der Waals surface area contributed by atoms with E-state index in [1.54, 1.807) is 6.08 Å². The molecule has 1 N–H and O–H groups in total. The van der Waals surface area contributed by atoms with Crippen LogP contribution >= 0.6 is 0 Å². The molecule has 0 saturated heterocycles. The van der Waals surface area contributed by atoms with Gasteiger partial charge in [-0.1, -0.05) is 51.1 Å². The summed E-state index contributed by atoms with van der Waals surface area (Å²) < 4.78 is 6.09. The highest BCUT2D eigenvalue weighted by Gasteiger charge is 2.36. The number of benzene rings is 1. The maximum Gasteiger partial charge on any atom is 0.331 e. The van der Waals surface area contributed by atoms with E-state index in [9.17, 15) is 9.90 Å². The third-order valence-electron chi connectivity index (χ3n) is 4.27. The zero-order valence-corrected chi connectivity index (χ0v) is 15.3. The molecule has 0 aliphatic carbocycles. The summed E-state index contributed by atoms with van der Waals surface area (Å²) in [5.74, 6) is -0.851. The van der Waals surface area contributed by atoms with E-state index in [-0.39, 0.29) is 5.04 Å². The molecule has 1 aromatic carbocycles. The van der Waals surface area contributed by atoms with Crippen molar-refractivity contribution < 1.29 is 14.3 Å². The van der Waals surface area contributed by atoms with Gasteiger partial charge >= 0.3 is 5.97 Å². The summed E-state index contributed by atoms with van der Waals surface area (Å²) in [6, 6.07) is 9.56. The van der Waals surface area contributed by atoms with Crippen molar-refractivity contribution in [2.75, 3.05) is 6.61 Å². The van der Waals surface area contributed by atoms with Gasteiger partial charge in [0.05, 0.1) is 0 Å². The average Bonchev–Trinajstić information content (AvgIpc) is 2.41. The van der Waals surface area contributed by atoms with Crippen molar-refractivity contribution in [3.05, 3.63) is 41.5 Å². The lowest BCUT2D eigenvalue weighted by atomic mass is 10.1. The Morgan fingerprint density at radius 2 is 1.82 bits per heavy atom. The van der Waals surface area contributed by atoms with E-state index in [0.29, 0.717) is 18.6 Å². The maximum atomic E-state index is 11.4. The van der Waals surface area contributed by atoms with Gasteiger partial charge in [-0.2, -0.15) is 0 Å². The smallest absolute Gasteiger partial charge is 0.331 e. The molecule has 4 heteroatoms. The summed E-state index contributed by atoms with van der Waals surface area (Å²) in [5, 5.41) is 9.51. The van der Waals surface area contributed by atoms with Gasteiger partial charge in [-0.3, -0.25) is 0 Å². The summed E-state index contributed by atoms with van der Waals surface area (Å²) in [6.45, 7) is 11.7. The van der Waals surface area contributed by atoms with Crippen LogP contribution in [-0.4, -0.2) is 26.0 Å². The Morgan fingerprint density at radius 3 is 2.32 bits per heavy atom. The van der Waals surface area contributed by atoms with Gasteiger partial charge in [-0.25, -0.2) is 4.79 Å². The van der Waals surface area contributed by atoms with Crippen LogP contribution in [0.3, 0.4) is 0 Å². The highest BCUT2D eigenvalue weighted by molar-refractivity contribution is 6.74. The number of hydrogen-bond donors (Lipinski definition) is 1. The first-order chi connectivity index (χ1) is 10.1. The van der Waals surface area contributed by atoms with Crippen molar-refractivity contribution in [1.82, 2.24) is 0 Å². The van der Waals surface area contributed by atoms with E-state index in [1.165, 1.54) is 0 Å². The Kier molecular flexibility index (Phi) is 6.57. The molecule has 0 aliphatic heterocycles. The molecule has 22 heavy (non-hydrogen) atoms. The molecule has 1 rings (SSSR count). The van der Waals surface area contributed by atoms with Gasteiger partial charge in [0.25, 0.3) is 0 Å². The van der Waals surface area contributed by atoms with Crippen molar-refractivity contribution in [2.45, 2.75) is 51.7 Å². The zero-order valence-electron chi connectivity index (χ0n) is 14.3. The van der Waals surface area contributed by atoms with E-state index in [1.807, 2.05) is 30.3 Å². The van der Waals surface area contributed by atoms with Crippen LogP contribution in [0.5, 0.6) is 0 Å². The van der Waals surface area contributed by atoms with Crippen LogP contribution in [0, 0.1) is 0 Å². The SMILES string of the molecule is CC(C)(C)[Si](C)(C)OCCC/C(=C/c1ccccc1)C(=O)O. The Balaban J connectivity index is 2.57. The van der Waals surface area contributed by atoms with Crippen molar-refractivity contribution in [3.63, 3.8) is 0 Å². The minimum Gasteiger partial charge on any atom is -0.478 e. The minimum atomic E-state index is -1.75. The fourth-order valence-corrected chi connectivity index (χ4v) is 2.89. The van der Waals surface area contributed by atoms with Gasteiger partial charge in [0.15, 0.2) is 8.32 Å². The van der Waals surface area contributed by atoms with Crippen molar-refractivity contribution in [2.24, 2.45) is 0 Å². The first-order valence-corrected chi connectivity index (χ1v) is 10.7. The lowest BCUT2D eigenvalue weighted by molar-refractivity contribution is -0.132. The Morgan fingerprint density at radius 1 is 1.23 bits per heavy atom. The van der Waals surface area contributed by atoms with Gasteiger partial charge in [-0.05, 0) is 42.6 Å². The van der Waals surface area contributed by atoms with Crippen LogP contribution in [0.2, 0.25) is 18.1 Å². The lowest BCUT2D eigenvalue weighted by Gasteiger charge is -2.36. The predicted octanol–water partition coefficient (Wildman–Crippen LogP) is 4.96. The van der Waals surface area contributed by atoms with E-state index >= 15 is 0 Å². The molecule has 3 nitrogen and oxygen atoms in total. The van der Waals surface area contributed by atoms with E-state index in [0.717, 1.165) is 12.0 Å². The molecule has 1 aromatic rings. The number of carboxylic acid groups (broad SMARTS) is 1. The van der Waals surface area contributed by atoms with Crippen molar-refractivity contribution >= 4 is 20.4 Å². The average molecular weight is 321 g/mol. The summed E-state index contributed by atoms with van der Waals surface area (Å²) in [6.07, 6.45) is 3.00. The molecular weight excluding hydrogens is 292 g/mol. The number of aliphatic carboxylic acids is 1. The van der Waals surface area contributed by atoms with Crippen LogP contribution in [0.4, 0.5) is 0 Å². The molecule has 0 fully saturated rings. The van der Waals surface area contributed by atoms with Crippen molar-refractivity contribution in [1.29, 1.82) is 0 Å². The van der Waals surface area contributed by atoms with Gasteiger partial charge in [0.2, 0.25) is 0 Å². The Hall–Kier alpha value is -1.39. The van der Waals surface area contributed by atoms with Gasteiger partial charge in [0, 0.05) is 12.2 Å². The number of carboxylic acids is 1. The van der Waals surface area contributed by atoms with Crippen LogP contribution in [0.1, 0.15) is 39.2 Å². The third kappa shape index (κ3) is 5.77. The highest BCUT2D eigenvalue weighted by atomic mass is 28.4. The lowest BCUT2D eigenvalue weighted by Crippen LogP contribution is -2.40. The molecule has 0 amide bonds. The Labute approximate surface area is 135 Å². The van der Waals surface area contributed by atoms with Gasteiger partial charge in [0.1, 0.15) is 0 Å². The molecule has 0 heterocycles. The summed E-state index contributed by atoms with van der Waals surface area (Å²) in [7, 11) is -1.75. The predicted molar refractivity (Wildman–Crippen MR) is 94.4 cm³/mol. The van der Waals surface area contributed by atoms with Gasteiger partial charge < -0.3 is 9.53 Å². The standard InChI is InChI=1S/C18H28O3Si/c1-18(2,3)22(4,5)21-13-9-12-16(17(19)20)14-15-10-7-6-8-11-15/h6-8,10-11,14H,9,12-13H2,1-5H3,(H,19,20)/b16-14-. The fraction of sp³-hybridized carbons (Fsp3) is 0.500. The fourth-order valence-electron chi connectivity index (χ4n) is 1.80. The van der Waals surface area contributed by atoms with E-state index in [2.05, 4.69) is 33.9 Å². The largest absolute Gasteiger partial charge is 0.478 e. The highest BCUT2D eigenvalue weighted by Crippen LogP contribution is 2.36. The molecule has 0 spiro atoms. The van der Waals surface area contributed by atoms with E-state index in [4.69, 9.17) is 4.43 Å². The van der Waals surface area contributed by atoms with Crippen LogP contribution in [-0.2, 0) is 9.22 Å². The number of hydrogen-bond acceptors (Lipinski definition) is 2. The second-order valence-corrected chi connectivity index (χ2v) is 11.9. The number of carbonyl (C=O) groups is 1. The molecule has 122 valence electrons. The second kappa shape index (κ2) is 7.74. The molecule has 0 radical (unpaired) electrons. The summed E-state index contributed by atoms with van der Waals surface area (Å²) >= 11 is 0. The number of rotatable bonds is 7. The molecule has 0 bridgehead atoms. The summed E-state index contributed by atoms with van der Waals surface area (Å²) in [4.78, 5) is 11.4. The molecule has 0 saturated carbocycles. The van der Waals surface area contributed by atoms with E-state index < -0.39 is 14.3 Å². The molecule has 0 aliphatic rings. The van der Waals surface area contributed by atoms with Crippen LogP contribution < -0.4 is 0 Å². The van der Waals surface area contributed by atoms with Crippen LogP contribution in [0.15, 0.2) is 35.9 Å². The van der Waals surface area contributed by atoms with Crippen molar-refractivity contribution in [3.8, 4) is 0 Å². The molecular formula is C18H28O3Si. The first kappa shape index (κ1) is 18.7. The quantitative estimate of drug-likeness (QED) is 0.439. The van der Waals surface area contributed by atoms with Crippen LogP contribution in [0.25, 0.3) is 6.08 Å². The normalized spacial score (nSPS) is 13.2.